The molecule has 1 aromatic carbocycles. The summed E-state index contributed by atoms with van der Waals surface area (Å²) in [4.78, 5) is 26.6. The minimum Gasteiger partial charge on any atom is -0.490 e. The van der Waals surface area contributed by atoms with Gasteiger partial charge >= 0.3 is 5.69 Å². The molecule has 2 aromatic rings. The Balaban J connectivity index is 1.61. The first-order valence-electron chi connectivity index (χ1n) is 9.44. The first kappa shape index (κ1) is 17.9. The second-order valence-electron chi connectivity index (χ2n) is 7.26. The van der Waals surface area contributed by atoms with Crippen molar-refractivity contribution in [2.45, 2.75) is 31.8 Å². The number of fused-ring (bicyclic) bond motifs is 1. The minimum atomic E-state index is -0.288. The summed E-state index contributed by atoms with van der Waals surface area (Å²) in [5.41, 5.74) is 1.37. The molecule has 0 N–H and O–H groups in total. The average Bonchev–Trinajstić information content (AvgIpc) is 3.00. The van der Waals surface area contributed by atoms with Crippen molar-refractivity contribution < 1.29 is 9.47 Å². The maximum absolute atomic E-state index is 12.2. The lowest BCUT2D eigenvalue weighted by molar-refractivity contribution is 0.240. The van der Waals surface area contributed by atoms with Gasteiger partial charge in [0.2, 0.25) is 0 Å². The van der Waals surface area contributed by atoms with E-state index in [9.17, 15) is 9.59 Å². The van der Waals surface area contributed by atoms with Crippen LogP contribution < -0.4 is 20.7 Å². The molecule has 2 aliphatic rings. The molecule has 144 valence electrons. The zero-order valence-electron chi connectivity index (χ0n) is 15.8. The molecule has 1 aromatic heterocycles. The van der Waals surface area contributed by atoms with Gasteiger partial charge in [0.05, 0.1) is 13.2 Å². The van der Waals surface area contributed by atoms with Crippen molar-refractivity contribution in [3.05, 3.63) is 56.4 Å². The number of aromatic nitrogens is 2. The monoisotopic (exact) mass is 371 g/mol. The van der Waals surface area contributed by atoms with Crippen molar-refractivity contribution in [2.24, 2.45) is 14.1 Å². The fourth-order valence-electron chi connectivity index (χ4n) is 3.92. The highest BCUT2D eigenvalue weighted by Crippen LogP contribution is 2.38. The van der Waals surface area contributed by atoms with Crippen molar-refractivity contribution in [3.63, 3.8) is 0 Å². The third kappa shape index (κ3) is 3.39. The fourth-order valence-corrected chi connectivity index (χ4v) is 3.92. The molecule has 7 heteroatoms. The molecule has 1 saturated heterocycles. The normalized spacial score (nSPS) is 19.9. The number of nitrogens with zero attached hydrogens (tertiary/aromatic N) is 3. The van der Waals surface area contributed by atoms with Crippen LogP contribution in [0.4, 0.5) is 0 Å². The molecule has 1 fully saturated rings. The third-order valence-corrected chi connectivity index (χ3v) is 5.51. The average molecular weight is 371 g/mol. The Morgan fingerprint density at radius 1 is 1.00 bits per heavy atom. The summed E-state index contributed by atoms with van der Waals surface area (Å²) in [7, 11) is 3.22. The molecule has 0 amide bonds. The van der Waals surface area contributed by atoms with E-state index in [0.29, 0.717) is 19.8 Å². The van der Waals surface area contributed by atoms with Gasteiger partial charge in [0.25, 0.3) is 5.56 Å². The number of likely N-dealkylation sites (tertiary alicyclic amines) is 1. The maximum Gasteiger partial charge on any atom is 0.330 e. The van der Waals surface area contributed by atoms with Crippen LogP contribution in [-0.2, 0) is 20.6 Å². The highest BCUT2D eigenvalue weighted by Gasteiger charge is 2.28. The van der Waals surface area contributed by atoms with Crippen molar-refractivity contribution in [1.82, 2.24) is 14.0 Å². The number of hydrogen-bond donors (Lipinski definition) is 0. The lowest BCUT2D eigenvalue weighted by Crippen LogP contribution is -2.39. The van der Waals surface area contributed by atoms with E-state index in [4.69, 9.17) is 9.47 Å². The Morgan fingerprint density at radius 2 is 1.78 bits per heavy atom. The molecule has 1 unspecified atom stereocenters. The zero-order chi connectivity index (χ0) is 19.0. The van der Waals surface area contributed by atoms with Gasteiger partial charge in [-0.05, 0) is 37.1 Å². The zero-order valence-corrected chi connectivity index (χ0v) is 15.8. The molecule has 0 radical (unpaired) electrons. The van der Waals surface area contributed by atoms with E-state index in [1.807, 2.05) is 6.07 Å². The Kier molecular flexibility index (Phi) is 4.78. The first-order valence-corrected chi connectivity index (χ1v) is 9.44. The highest BCUT2D eigenvalue weighted by atomic mass is 16.5. The van der Waals surface area contributed by atoms with E-state index in [-0.39, 0.29) is 17.3 Å². The second-order valence-corrected chi connectivity index (χ2v) is 7.26. The topological polar surface area (TPSA) is 65.7 Å². The Labute approximate surface area is 157 Å². The van der Waals surface area contributed by atoms with Crippen molar-refractivity contribution in [1.29, 1.82) is 0 Å². The molecule has 7 nitrogen and oxygen atoms in total. The van der Waals surface area contributed by atoms with Crippen LogP contribution in [-0.4, -0.2) is 33.8 Å². The van der Waals surface area contributed by atoms with Crippen molar-refractivity contribution >= 4 is 0 Å². The number of rotatable bonds is 3. The van der Waals surface area contributed by atoms with Crippen LogP contribution in [0.1, 0.15) is 36.6 Å². The fraction of sp³-hybridized carbons (Fsp3) is 0.500. The quantitative estimate of drug-likeness (QED) is 0.820. The molecular formula is C20H25N3O4. The van der Waals surface area contributed by atoms with E-state index in [1.54, 1.807) is 17.7 Å². The second kappa shape index (κ2) is 7.23. The summed E-state index contributed by atoms with van der Waals surface area (Å²) in [6, 6.07) is 7.96. The molecule has 0 saturated carbocycles. The van der Waals surface area contributed by atoms with Gasteiger partial charge < -0.3 is 9.47 Å². The van der Waals surface area contributed by atoms with Gasteiger partial charge in [-0.2, -0.15) is 0 Å². The molecular weight excluding hydrogens is 346 g/mol. The van der Waals surface area contributed by atoms with Crippen LogP contribution >= 0.6 is 0 Å². The first-order chi connectivity index (χ1) is 13.0. The SMILES string of the molecule is Cn1c(CN2CCCC2c2ccc3c(c2)OCCCO3)cc(=O)n(C)c1=O. The lowest BCUT2D eigenvalue weighted by Gasteiger charge is -2.26. The van der Waals surface area contributed by atoms with Crippen LogP contribution in [0.2, 0.25) is 0 Å². The van der Waals surface area contributed by atoms with Gasteiger partial charge in [0.1, 0.15) is 0 Å². The standard InChI is InChI=1S/C20H25N3O4/c1-21-15(12-19(24)22(2)20(21)25)13-23-8-3-5-16(23)14-6-7-17-18(11-14)27-10-4-9-26-17/h6-7,11-12,16H,3-5,8-10,13H2,1-2H3. The van der Waals surface area contributed by atoms with Gasteiger partial charge in [0.15, 0.2) is 11.5 Å². The Morgan fingerprint density at radius 3 is 2.59 bits per heavy atom. The van der Waals surface area contributed by atoms with Crippen LogP contribution in [0.5, 0.6) is 11.5 Å². The van der Waals surface area contributed by atoms with Gasteiger partial charge in [-0.3, -0.25) is 18.8 Å². The van der Waals surface area contributed by atoms with Crippen LogP contribution in [0, 0.1) is 0 Å². The van der Waals surface area contributed by atoms with Crippen molar-refractivity contribution in [3.8, 4) is 11.5 Å². The van der Waals surface area contributed by atoms with Gasteiger partial charge in [-0.25, -0.2) is 4.79 Å². The van der Waals surface area contributed by atoms with E-state index < -0.39 is 0 Å². The summed E-state index contributed by atoms with van der Waals surface area (Å²) < 4.78 is 14.3. The molecule has 2 aliphatic heterocycles. The molecule has 0 aliphatic carbocycles. The van der Waals surface area contributed by atoms with E-state index in [2.05, 4.69) is 17.0 Å². The highest BCUT2D eigenvalue weighted by molar-refractivity contribution is 5.44. The van der Waals surface area contributed by atoms with E-state index in [0.717, 1.165) is 47.6 Å². The Bertz CT molecular complexity index is 963. The molecule has 0 bridgehead atoms. The third-order valence-electron chi connectivity index (χ3n) is 5.51. The minimum absolute atomic E-state index is 0.237. The summed E-state index contributed by atoms with van der Waals surface area (Å²) in [6.07, 6.45) is 3.01. The molecule has 27 heavy (non-hydrogen) atoms. The predicted octanol–water partition coefficient (Wildman–Crippen LogP) is 1.58. The molecule has 1 atom stereocenters. The lowest BCUT2D eigenvalue weighted by atomic mass is 10.0. The molecule has 4 rings (SSSR count). The van der Waals surface area contributed by atoms with Gasteiger partial charge in [-0.1, -0.05) is 6.07 Å². The summed E-state index contributed by atoms with van der Waals surface area (Å²) in [5.74, 6) is 1.60. The smallest absolute Gasteiger partial charge is 0.330 e. The maximum atomic E-state index is 12.2. The largest absolute Gasteiger partial charge is 0.490 e. The summed E-state index contributed by atoms with van der Waals surface area (Å²) in [5, 5.41) is 0. The van der Waals surface area contributed by atoms with Crippen LogP contribution in [0.15, 0.2) is 33.9 Å². The molecule has 0 spiro atoms. The van der Waals surface area contributed by atoms with Crippen LogP contribution in [0.25, 0.3) is 0 Å². The van der Waals surface area contributed by atoms with Crippen molar-refractivity contribution in [2.75, 3.05) is 19.8 Å². The van der Waals surface area contributed by atoms with Crippen LogP contribution in [0.3, 0.4) is 0 Å². The van der Waals surface area contributed by atoms with Gasteiger partial charge in [0, 0.05) is 44.9 Å². The number of benzene rings is 1. The summed E-state index contributed by atoms with van der Waals surface area (Å²) >= 11 is 0. The number of hydrogen-bond acceptors (Lipinski definition) is 5. The molecule has 3 heterocycles. The Hall–Kier alpha value is -2.54. The predicted molar refractivity (Wildman–Crippen MR) is 101 cm³/mol. The van der Waals surface area contributed by atoms with Gasteiger partial charge in [-0.15, -0.1) is 0 Å². The number of ether oxygens (including phenoxy) is 2. The summed E-state index contributed by atoms with van der Waals surface area (Å²) in [6.45, 7) is 2.85. The van der Waals surface area contributed by atoms with E-state index in [1.165, 1.54) is 12.6 Å². The van der Waals surface area contributed by atoms with E-state index >= 15 is 0 Å².